The summed E-state index contributed by atoms with van der Waals surface area (Å²) in [5, 5.41) is 20.6. The largest absolute Gasteiger partial charge is 0.480 e. The van der Waals surface area contributed by atoms with Crippen molar-refractivity contribution in [1.29, 1.82) is 0 Å². The molecule has 0 unspecified atom stereocenters. The number of nitrogens with two attached hydrogens (primary N) is 1. The van der Waals surface area contributed by atoms with Crippen LogP contribution in [0.25, 0.3) is 0 Å². The Kier molecular flexibility index (Phi) is 5.23. The molecular formula is C7H11N2O5. The van der Waals surface area contributed by atoms with Crippen molar-refractivity contribution < 1.29 is 24.6 Å². The molecule has 0 heterocycles. The molecule has 0 aliphatic carbocycles. The first-order chi connectivity index (χ1) is 6.47. The number of amides is 2. The zero-order valence-corrected chi connectivity index (χ0v) is 7.36. The summed E-state index contributed by atoms with van der Waals surface area (Å²) in [5.74, 6) is -2.87. The number of carbonyl (C=O) groups excluding carboxylic acids is 2. The van der Waals surface area contributed by atoms with E-state index in [0.717, 1.165) is 0 Å². The van der Waals surface area contributed by atoms with E-state index in [1.165, 1.54) is 0 Å². The lowest BCUT2D eigenvalue weighted by Gasteiger charge is -2.11. The van der Waals surface area contributed by atoms with Crippen LogP contribution >= 0.6 is 0 Å². The minimum Gasteiger partial charge on any atom is -0.480 e. The Morgan fingerprint density at radius 1 is 1.36 bits per heavy atom. The third-order valence-electron chi connectivity index (χ3n) is 1.44. The number of hydrogen-bond acceptors (Lipinski definition) is 3. The van der Waals surface area contributed by atoms with E-state index in [2.05, 4.69) is 0 Å². The SMILES string of the molecule is NC(=O)CC[C@H](NC(=O)C[O])C(=O)O. The van der Waals surface area contributed by atoms with Crippen LogP contribution < -0.4 is 11.1 Å². The second-order valence-electron chi connectivity index (χ2n) is 2.61. The van der Waals surface area contributed by atoms with Crippen LogP contribution in [0.1, 0.15) is 12.8 Å². The number of nitrogens with one attached hydrogen (secondary N) is 1. The van der Waals surface area contributed by atoms with Crippen molar-refractivity contribution in [2.75, 3.05) is 6.61 Å². The highest BCUT2D eigenvalue weighted by atomic mass is 16.4. The zero-order valence-electron chi connectivity index (χ0n) is 7.36. The van der Waals surface area contributed by atoms with Gasteiger partial charge in [-0.2, -0.15) is 0 Å². The van der Waals surface area contributed by atoms with E-state index in [4.69, 9.17) is 10.8 Å². The van der Waals surface area contributed by atoms with Gasteiger partial charge in [0, 0.05) is 6.42 Å². The molecule has 7 heteroatoms. The predicted octanol–water partition coefficient (Wildman–Crippen LogP) is -1.75. The lowest BCUT2D eigenvalue weighted by molar-refractivity contribution is -0.142. The molecule has 0 aromatic rings. The first-order valence-electron chi connectivity index (χ1n) is 3.86. The van der Waals surface area contributed by atoms with Gasteiger partial charge in [0.05, 0.1) is 0 Å². The lowest BCUT2D eigenvalue weighted by atomic mass is 10.1. The molecule has 1 radical (unpaired) electrons. The molecule has 79 valence electrons. The van der Waals surface area contributed by atoms with Gasteiger partial charge in [0.2, 0.25) is 11.8 Å². The summed E-state index contributed by atoms with van der Waals surface area (Å²) in [6.07, 6.45) is -0.271. The fourth-order valence-corrected chi connectivity index (χ4v) is 0.780. The highest BCUT2D eigenvalue weighted by molar-refractivity contribution is 5.84. The fraction of sp³-hybridized carbons (Fsp3) is 0.571. The summed E-state index contributed by atoms with van der Waals surface area (Å²) in [6.45, 7) is -1.04. The maximum absolute atomic E-state index is 10.6. The second-order valence-corrected chi connectivity index (χ2v) is 2.61. The molecule has 4 N–H and O–H groups in total. The van der Waals surface area contributed by atoms with E-state index in [0.29, 0.717) is 0 Å². The molecular weight excluding hydrogens is 192 g/mol. The van der Waals surface area contributed by atoms with Gasteiger partial charge in [-0.3, -0.25) is 9.59 Å². The highest BCUT2D eigenvalue weighted by Crippen LogP contribution is 1.96. The number of carboxylic acids is 1. The molecule has 0 rings (SSSR count). The summed E-state index contributed by atoms with van der Waals surface area (Å²) in [6, 6.07) is -1.23. The van der Waals surface area contributed by atoms with Crippen LogP contribution in [0.5, 0.6) is 0 Å². The van der Waals surface area contributed by atoms with E-state index >= 15 is 0 Å². The van der Waals surface area contributed by atoms with Crippen molar-refractivity contribution in [2.24, 2.45) is 5.73 Å². The molecule has 0 saturated heterocycles. The molecule has 7 nitrogen and oxygen atoms in total. The first kappa shape index (κ1) is 12.4. The molecule has 14 heavy (non-hydrogen) atoms. The van der Waals surface area contributed by atoms with Gasteiger partial charge in [0.1, 0.15) is 6.04 Å². The van der Waals surface area contributed by atoms with Crippen molar-refractivity contribution in [1.82, 2.24) is 5.32 Å². The third-order valence-corrected chi connectivity index (χ3v) is 1.44. The number of rotatable bonds is 6. The third kappa shape index (κ3) is 5.09. The van der Waals surface area contributed by atoms with E-state index in [1.54, 1.807) is 0 Å². The predicted molar refractivity (Wildman–Crippen MR) is 43.5 cm³/mol. The maximum Gasteiger partial charge on any atom is 0.326 e. The van der Waals surface area contributed by atoms with Crippen molar-refractivity contribution in [3.8, 4) is 0 Å². The monoisotopic (exact) mass is 203 g/mol. The van der Waals surface area contributed by atoms with E-state index in [9.17, 15) is 19.5 Å². The van der Waals surface area contributed by atoms with Gasteiger partial charge >= 0.3 is 5.97 Å². The average Bonchev–Trinajstić information content (AvgIpc) is 2.10. The average molecular weight is 203 g/mol. The van der Waals surface area contributed by atoms with Crippen LogP contribution in [-0.2, 0) is 19.5 Å². The van der Waals surface area contributed by atoms with Gasteiger partial charge in [-0.15, -0.1) is 0 Å². The maximum atomic E-state index is 10.6. The molecule has 1 atom stereocenters. The number of primary amides is 1. The number of aliphatic carboxylic acids is 1. The quantitative estimate of drug-likeness (QED) is 0.472. The number of carboxylic acid groups (broad SMARTS) is 1. The second kappa shape index (κ2) is 5.92. The highest BCUT2D eigenvalue weighted by Gasteiger charge is 2.19. The normalized spacial score (nSPS) is 11.8. The topological polar surface area (TPSA) is 129 Å². The van der Waals surface area contributed by atoms with Crippen LogP contribution in [-0.4, -0.2) is 35.5 Å². The number of carbonyl (C=O) groups is 3. The first-order valence-corrected chi connectivity index (χ1v) is 3.86. The summed E-state index contributed by atoms with van der Waals surface area (Å²) in [5.41, 5.74) is 4.80. The van der Waals surface area contributed by atoms with E-state index in [-0.39, 0.29) is 12.8 Å². The van der Waals surface area contributed by atoms with Gasteiger partial charge in [-0.25, -0.2) is 9.90 Å². The molecule has 0 aliphatic heterocycles. The summed E-state index contributed by atoms with van der Waals surface area (Å²) in [7, 11) is 0. The Bertz CT molecular complexity index is 240. The van der Waals surface area contributed by atoms with Gasteiger partial charge < -0.3 is 16.2 Å². The standard InChI is InChI=1S/C7H11N2O5/c8-5(11)2-1-4(7(13)14)9-6(12)3-10/h4H,1-3H2,(H2,8,11)(H,9,12)(H,13,14)/t4-/m0/s1. The summed E-state index contributed by atoms with van der Waals surface area (Å²) in [4.78, 5) is 31.4. The fourth-order valence-electron chi connectivity index (χ4n) is 0.780. The molecule has 0 aromatic carbocycles. The van der Waals surface area contributed by atoms with Gasteiger partial charge in [0.25, 0.3) is 0 Å². The van der Waals surface area contributed by atoms with Gasteiger partial charge in [-0.05, 0) is 6.42 Å². The van der Waals surface area contributed by atoms with E-state index in [1.807, 2.05) is 5.32 Å². The van der Waals surface area contributed by atoms with Crippen LogP contribution in [0.3, 0.4) is 0 Å². The lowest BCUT2D eigenvalue weighted by Crippen LogP contribution is -2.42. The van der Waals surface area contributed by atoms with Crippen LogP contribution in [0.2, 0.25) is 0 Å². The molecule has 0 saturated carbocycles. The Hall–Kier alpha value is -1.63. The molecule has 0 bridgehead atoms. The minimum absolute atomic E-state index is 0.115. The summed E-state index contributed by atoms with van der Waals surface area (Å²) < 4.78 is 0. The Morgan fingerprint density at radius 2 is 1.93 bits per heavy atom. The Morgan fingerprint density at radius 3 is 2.29 bits per heavy atom. The molecule has 2 amide bonds. The molecule has 0 spiro atoms. The van der Waals surface area contributed by atoms with Crippen molar-refractivity contribution >= 4 is 17.8 Å². The minimum atomic E-state index is -1.30. The van der Waals surface area contributed by atoms with Crippen molar-refractivity contribution in [3.63, 3.8) is 0 Å². The molecule has 0 aliphatic rings. The van der Waals surface area contributed by atoms with Crippen molar-refractivity contribution in [3.05, 3.63) is 0 Å². The van der Waals surface area contributed by atoms with E-state index < -0.39 is 30.4 Å². The van der Waals surface area contributed by atoms with Crippen molar-refractivity contribution in [2.45, 2.75) is 18.9 Å². The Labute approximate surface area is 79.9 Å². The smallest absolute Gasteiger partial charge is 0.326 e. The number of hydrogen-bond donors (Lipinski definition) is 3. The summed E-state index contributed by atoms with van der Waals surface area (Å²) >= 11 is 0. The molecule has 0 fully saturated rings. The molecule has 0 aromatic heterocycles. The Balaban J connectivity index is 4.09. The van der Waals surface area contributed by atoms with Crippen LogP contribution in [0.4, 0.5) is 0 Å². The zero-order chi connectivity index (χ0) is 11.1. The van der Waals surface area contributed by atoms with Gasteiger partial charge in [-0.1, -0.05) is 0 Å². The van der Waals surface area contributed by atoms with Crippen LogP contribution in [0.15, 0.2) is 0 Å². The van der Waals surface area contributed by atoms with Gasteiger partial charge in [0.15, 0.2) is 6.61 Å². The van der Waals surface area contributed by atoms with Crippen LogP contribution in [0, 0.1) is 0 Å².